The molecule has 3 rings (SSSR count). The molecule has 0 saturated carbocycles. The topological polar surface area (TPSA) is 78.3 Å². The first-order valence-corrected chi connectivity index (χ1v) is 10.1. The average molecular weight is 405 g/mol. The van der Waals surface area contributed by atoms with E-state index in [0.29, 0.717) is 5.15 Å². The van der Waals surface area contributed by atoms with E-state index in [1.807, 2.05) is 31.2 Å². The van der Waals surface area contributed by atoms with Crippen molar-refractivity contribution in [1.29, 1.82) is 0 Å². The Hall–Kier alpha value is -2.64. The van der Waals surface area contributed by atoms with Crippen LogP contribution in [0.2, 0.25) is 5.15 Å². The van der Waals surface area contributed by atoms with Gasteiger partial charge in [-0.1, -0.05) is 35.9 Å². The molecule has 0 bridgehead atoms. The zero-order valence-electron chi connectivity index (χ0n) is 14.7. The average Bonchev–Trinajstić information content (AvgIpc) is 3.02. The van der Waals surface area contributed by atoms with Crippen LogP contribution in [-0.2, 0) is 19.4 Å². The molecule has 0 saturated heterocycles. The van der Waals surface area contributed by atoms with Crippen LogP contribution in [0.3, 0.4) is 0 Å². The molecule has 2 aromatic carbocycles. The molecule has 0 N–H and O–H groups in total. The minimum Gasteiger partial charge on any atom is -0.449 e. The number of rotatable bonds is 5. The third-order valence-corrected chi connectivity index (χ3v) is 5.46. The van der Waals surface area contributed by atoms with Gasteiger partial charge in [-0.15, -0.1) is 0 Å². The van der Waals surface area contributed by atoms with Gasteiger partial charge in [0.1, 0.15) is 0 Å². The third-order valence-electron chi connectivity index (χ3n) is 3.85. The molecule has 140 valence electrons. The number of nitrogens with zero attached hydrogens (tertiary/aromatic N) is 2. The second kappa shape index (κ2) is 7.54. The normalized spacial score (nSPS) is 11.4. The Morgan fingerprint density at radius 2 is 1.85 bits per heavy atom. The highest BCUT2D eigenvalue weighted by Gasteiger charge is 2.17. The van der Waals surface area contributed by atoms with Gasteiger partial charge in [0.25, 0.3) is 0 Å². The van der Waals surface area contributed by atoms with Crippen LogP contribution in [0, 0.1) is 6.92 Å². The maximum absolute atomic E-state index is 12.2. The van der Waals surface area contributed by atoms with Crippen LogP contribution >= 0.6 is 11.6 Å². The zero-order chi connectivity index (χ0) is 19.6. The van der Waals surface area contributed by atoms with Crippen LogP contribution in [0.1, 0.15) is 12.5 Å². The van der Waals surface area contributed by atoms with Gasteiger partial charge in [-0.25, -0.2) is 13.1 Å². The molecule has 0 aliphatic carbocycles. The van der Waals surface area contributed by atoms with Crippen LogP contribution < -0.4 is 0 Å². The molecule has 3 aromatic rings. The van der Waals surface area contributed by atoms with Gasteiger partial charge in [0.15, 0.2) is 11.1 Å². The summed E-state index contributed by atoms with van der Waals surface area (Å²) in [6, 6.07) is 15.8. The first-order valence-electron chi connectivity index (χ1n) is 8.05. The van der Waals surface area contributed by atoms with E-state index in [4.69, 9.17) is 11.6 Å². The van der Waals surface area contributed by atoms with Gasteiger partial charge in [0, 0.05) is 18.6 Å². The lowest BCUT2D eigenvalue weighted by molar-refractivity contribution is -0.138. The summed E-state index contributed by atoms with van der Waals surface area (Å²) < 4.78 is 30.7. The molecule has 0 spiro atoms. The molecule has 0 radical (unpaired) electrons. The fraction of sp³-hybridized carbons (Fsp3) is 0.158. The number of aromatic nitrogens is 2. The Labute approximate surface area is 162 Å². The second-order valence-electron chi connectivity index (χ2n) is 6.00. The Kier molecular flexibility index (Phi) is 5.34. The lowest BCUT2D eigenvalue weighted by atomic mass is 10.1. The fourth-order valence-corrected chi connectivity index (χ4v) is 3.76. The molecule has 0 aliphatic rings. The number of carbonyl (C=O) groups excluding carboxylic acids is 1. The van der Waals surface area contributed by atoms with E-state index in [1.165, 1.54) is 12.1 Å². The van der Waals surface area contributed by atoms with Crippen molar-refractivity contribution in [2.45, 2.75) is 18.7 Å². The number of aryl methyl sites for hydroxylation is 1. The van der Waals surface area contributed by atoms with Crippen LogP contribution in [0.25, 0.3) is 16.9 Å². The van der Waals surface area contributed by atoms with E-state index in [9.17, 15) is 13.2 Å². The van der Waals surface area contributed by atoms with Crippen LogP contribution in [-0.4, -0.2) is 30.1 Å². The molecular weight excluding hydrogens is 388 g/mol. The maximum atomic E-state index is 12.2. The van der Waals surface area contributed by atoms with Crippen LogP contribution in [0.4, 0.5) is 0 Å². The molecule has 0 fully saturated rings. The molecule has 0 unspecified atom stereocenters. The Morgan fingerprint density at radius 1 is 1.15 bits per heavy atom. The first-order chi connectivity index (χ1) is 12.8. The van der Waals surface area contributed by atoms with Crippen LogP contribution in [0.15, 0.2) is 59.5 Å². The minimum atomic E-state index is -3.71. The van der Waals surface area contributed by atoms with E-state index in [1.54, 1.807) is 22.9 Å². The summed E-state index contributed by atoms with van der Waals surface area (Å²) >= 11 is 6.10. The molecule has 6 nitrogen and oxygen atoms in total. The van der Waals surface area contributed by atoms with Crippen molar-refractivity contribution < 1.29 is 17.9 Å². The van der Waals surface area contributed by atoms with Crippen molar-refractivity contribution in [1.82, 2.24) is 9.78 Å². The van der Waals surface area contributed by atoms with Gasteiger partial charge in [-0.05, 0) is 36.8 Å². The van der Waals surface area contributed by atoms with E-state index < -0.39 is 21.7 Å². The number of ether oxygens (including phenoxy) is 1. The van der Waals surface area contributed by atoms with Crippen molar-refractivity contribution >= 4 is 27.4 Å². The Balaban J connectivity index is 1.96. The lowest BCUT2D eigenvalue weighted by Crippen LogP contribution is -2.12. The minimum absolute atomic E-state index is 0.0696. The monoisotopic (exact) mass is 404 g/mol. The molecule has 0 aliphatic heterocycles. The number of halogens is 1. The van der Waals surface area contributed by atoms with Crippen molar-refractivity contribution in [3.05, 3.63) is 65.3 Å². The second-order valence-corrected chi connectivity index (χ2v) is 8.32. The molecule has 27 heavy (non-hydrogen) atoms. The van der Waals surface area contributed by atoms with Gasteiger partial charge < -0.3 is 4.74 Å². The van der Waals surface area contributed by atoms with Crippen LogP contribution in [0.5, 0.6) is 0 Å². The summed E-state index contributed by atoms with van der Waals surface area (Å²) in [7, 11) is -3.71. The van der Waals surface area contributed by atoms with E-state index in [-0.39, 0.29) is 4.90 Å². The maximum Gasteiger partial charge on any atom is 0.303 e. The van der Waals surface area contributed by atoms with Crippen molar-refractivity contribution in [3.8, 4) is 16.9 Å². The number of hydrogen-bond acceptors (Lipinski definition) is 5. The number of esters is 1. The highest BCUT2D eigenvalue weighted by atomic mass is 35.5. The van der Waals surface area contributed by atoms with Gasteiger partial charge in [-0.3, -0.25) is 4.79 Å². The summed E-state index contributed by atoms with van der Waals surface area (Å²) in [5.74, 6) is -1.33. The summed E-state index contributed by atoms with van der Waals surface area (Å²) in [5, 5.41) is 4.66. The van der Waals surface area contributed by atoms with Gasteiger partial charge in [0.2, 0.25) is 9.84 Å². The SMILES string of the molecule is CC(=O)OCS(=O)(=O)c1ccc(-c2cc(Cl)nn2-c2cccc(C)c2)cc1. The number of hydrogen-bond donors (Lipinski definition) is 0. The molecule has 8 heteroatoms. The predicted molar refractivity (Wildman–Crippen MR) is 103 cm³/mol. The lowest BCUT2D eigenvalue weighted by Gasteiger charge is -2.09. The summed E-state index contributed by atoms with van der Waals surface area (Å²) in [6.07, 6.45) is 0. The molecule has 0 atom stereocenters. The summed E-state index contributed by atoms with van der Waals surface area (Å²) in [4.78, 5) is 10.9. The number of carbonyl (C=O) groups is 1. The predicted octanol–water partition coefficient (Wildman–Crippen LogP) is 3.80. The van der Waals surface area contributed by atoms with E-state index in [0.717, 1.165) is 29.4 Å². The quantitative estimate of drug-likeness (QED) is 0.604. The first kappa shape index (κ1) is 19.1. The zero-order valence-corrected chi connectivity index (χ0v) is 16.3. The molecular formula is C19H17ClN2O4S. The van der Waals surface area contributed by atoms with Gasteiger partial charge in [-0.2, -0.15) is 5.10 Å². The smallest absolute Gasteiger partial charge is 0.303 e. The summed E-state index contributed by atoms with van der Waals surface area (Å²) in [6.45, 7) is 3.14. The third kappa shape index (κ3) is 4.37. The van der Waals surface area contributed by atoms with Crippen molar-refractivity contribution in [2.75, 3.05) is 5.94 Å². The largest absolute Gasteiger partial charge is 0.449 e. The number of benzene rings is 2. The highest BCUT2D eigenvalue weighted by Crippen LogP contribution is 2.27. The van der Waals surface area contributed by atoms with Crippen molar-refractivity contribution in [2.24, 2.45) is 0 Å². The highest BCUT2D eigenvalue weighted by molar-refractivity contribution is 7.91. The fourth-order valence-electron chi connectivity index (χ4n) is 2.58. The van der Waals surface area contributed by atoms with Gasteiger partial charge >= 0.3 is 5.97 Å². The van der Waals surface area contributed by atoms with Crippen molar-refractivity contribution in [3.63, 3.8) is 0 Å². The molecule has 0 amide bonds. The van der Waals surface area contributed by atoms with E-state index in [2.05, 4.69) is 9.84 Å². The molecule has 1 heterocycles. The summed E-state index contributed by atoms with van der Waals surface area (Å²) in [5.41, 5.74) is 3.41. The van der Waals surface area contributed by atoms with E-state index >= 15 is 0 Å². The Bertz CT molecular complexity index is 1090. The Morgan fingerprint density at radius 3 is 2.48 bits per heavy atom. The molecule has 1 aromatic heterocycles. The van der Waals surface area contributed by atoms with Gasteiger partial charge in [0.05, 0.1) is 16.3 Å². The standard InChI is InChI=1S/C19H17ClN2O4S/c1-13-4-3-5-16(10-13)22-18(11-19(20)21-22)15-6-8-17(9-7-15)27(24,25)12-26-14(2)23/h3-11H,12H2,1-2H3. The number of sulfone groups is 1.